The van der Waals surface area contributed by atoms with Crippen molar-refractivity contribution in [2.45, 2.75) is 17.8 Å². The Morgan fingerprint density at radius 3 is 2.63 bits per heavy atom. The first kappa shape index (κ1) is 19.1. The van der Waals surface area contributed by atoms with Crippen LogP contribution in [-0.2, 0) is 6.54 Å². The van der Waals surface area contributed by atoms with E-state index in [-0.39, 0.29) is 12.4 Å². The van der Waals surface area contributed by atoms with Crippen LogP contribution >= 0.6 is 11.8 Å². The zero-order valence-corrected chi connectivity index (χ0v) is 15.5. The number of aliphatic hydroxyl groups is 1. The summed E-state index contributed by atoms with van der Waals surface area (Å²) in [6.45, 7) is 4.34. The van der Waals surface area contributed by atoms with Gasteiger partial charge in [-0.3, -0.25) is 4.57 Å². The van der Waals surface area contributed by atoms with Gasteiger partial charge in [0.25, 0.3) is 0 Å². The van der Waals surface area contributed by atoms with Crippen LogP contribution in [0, 0.1) is 5.82 Å². The third-order valence-corrected chi connectivity index (χ3v) is 4.84. The Hall–Kier alpha value is -2.64. The molecule has 0 spiro atoms. The highest BCUT2D eigenvalue weighted by molar-refractivity contribution is 7.99. The number of hydrogen-bond acceptors (Lipinski definition) is 5. The molecular weight excluding hydrogens is 365 g/mol. The molecule has 5 nitrogen and oxygen atoms in total. The molecule has 0 aliphatic carbocycles. The smallest absolute Gasteiger partial charge is 0.191 e. The molecule has 0 saturated carbocycles. The second-order valence-electron chi connectivity index (χ2n) is 5.78. The van der Waals surface area contributed by atoms with Crippen molar-refractivity contribution in [1.29, 1.82) is 0 Å². The summed E-state index contributed by atoms with van der Waals surface area (Å²) in [6, 6.07) is 15.9. The van der Waals surface area contributed by atoms with Gasteiger partial charge in [0, 0.05) is 17.9 Å². The highest BCUT2D eigenvalue weighted by Gasteiger charge is 2.15. The van der Waals surface area contributed by atoms with Gasteiger partial charge >= 0.3 is 0 Å². The summed E-state index contributed by atoms with van der Waals surface area (Å²) in [7, 11) is 0. The van der Waals surface area contributed by atoms with Crippen LogP contribution in [0.4, 0.5) is 4.39 Å². The lowest BCUT2D eigenvalue weighted by Crippen LogP contribution is -2.20. The number of nitrogens with zero attached hydrogens (tertiary/aromatic N) is 3. The molecule has 7 heteroatoms. The normalized spacial score (nSPS) is 11.9. The van der Waals surface area contributed by atoms with Gasteiger partial charge in [-0.25, -0.2) is 4.39 Å². The summed E-state index contributed by atoms with van der Waals surface area (Å²) < 4.78 is 20.8. The molecule has 0 aliphatic heterocycles. The molecule has 1 aromatic heterocycles. The van der Waals surface area contributed by atoms with Gasteiger partial charge in [-0.05, 0) is 12.1 Å². The average molecular weight is 385 g/mol. The first-order valence-electron chi connectivity index (χ1n) is 8.46. The van der Waals surface area contributed by atoms with Gasteiger partial charge in [-0.15, -0.1) is 16.8 Å². The number of aromatic nitrogens is 3. The Morgan fingerprint density at radius 2 is 1.89 bits per heavy atom. The third kappa shape index (κ3) is 4.96. The second kappa shape index (κ2) is 9.34. The number of halogens is 1. The molecule has 0 amide bonds. The number of allylic oxidation sites excluding steroid dienone is 1. The third-order valence-electron chi connectivity index (χ3n) is 3.73. The summed E-state index contributed by atoms with van der Waals surface area (Å²) in [5, 5.41) is 19.3. The minimum atomic E-state index is -0.774. The maximum Gasteiger partial charge on any atom is 0.191 e. The van der Waals surface area contributed by atoms with Gasteiger partial charge in [0.2, 0.25) is 0 Å². The standard InChI is InChI=1S/C20H20FN3O2S/c1-2-12-24-19(15-8-4-3-5-9-15)22-23-20(24)27-14-16(25)13-26-18-11-7-6-10-17(18)21/h2-11,16,25H,1,12-14H2/t16-/m0/s1. The molecule has 1 heterocycles. The van der Waals surface area contributed by atoms with Gasteiger partial charge in [-0.2, -0.15) is 0 Å². The molecule has 0 bridgehead atoms. The Labute approximate surface area is 161 Å². The zero-order valence-electron chi connectivity index (χ0n) is 14.7. The van der Waals surface area contributed by atoms with E-state index in [4.69, 9.17) is 4.74 Å². The van der Waals surface area contributed by atoms with Gasteiger partial charge in [0.1, 0.15) is 6.61 Å². The van der Waals surface area contributed by atoms with E-state index in [1.807, 2.05) is 34.9 Å². The molecular formula is C20H20FN3O2S. The molecule has 1 N–H and O–H groups in total. The maximum absolute atomic E-state index is 13.5. The van der Waals surface area contributed by atoms with Crippen LogP contribution in [0.3, 0.4) is 0 Å². The van der Waals surface area contributed by atoms with Crippen LogP contribution in [0.15, 0.2) is 72.4 Å². The number of para-hydroxylation sites is 1. The van der Waals surface area contributed by atoms with Crippen LogP contribution in [0.2, 0.25) is 0 Å². The molecule has 0 aliphatic rings. The molecule has 140 valence electrons. The number of thioether (sulfide) groups is 1. The van der Waals surface area contributed by atoms with Crippen molar-refractivity contribution in [2.24, 2.45) is 0 Å². The largest absolute Gasteiger partial charge is 0.488 e. The first-order chi connectivity index (χ1) is 13.2. The number of hydrogen-bond donors (Lipinski definition) is 1. The van der Waals surface area contributed by atoms with E-state index >= 15 is 0 Å². The van der Waals surface area contributed by atoms with E-state index < -0.39 is 11.9 Å². The van der Waals surface area contributed by atoms with Crippen molar-refractivity contribution in [1.82, 2.24) is 14.8 Å². The Balaban J connectivity index is 1.63. The quantitative estimate of drug-likeness (QED) is 0.448. The van der Waals surface area contributed by atoms with E-state index in [0.29, 0.717) is 17.5 Å². The summed E-state index contributed by atoms with van der Waals surface area (Å²) in [6.07, 6.45) is 1.00. The average Bonchev–Trinajstić information content (AvgIpc) is 3.09. The van der Waals surface area contributed by atoms with Crippen LogP contribution in [0.25, 0.3) is 11.4 Å². The Bertz CT molecular complexity index is 886. The van der Waals surface area contributed by atoms with E-state index in [0.717, 1.165) is 11.4 Å². The van der Waals surface area contributed by atoms with Crippen LogP contribution in [0.1, 0.15) is 0 Å². The predicted octanol–water partition coefficient (Wildman–Crippen LogP) is 3.80. The van der Waals surface area contributed by atoms with Crippen molar-refractivity contribution in [3.05, 3.63) is 73.1 Å². The van der Waals surface area contributed by atoms with E-state index in [1.54, 1.807) is 18.2 Å². The monoisotopic (exact) mass is 385 g/mol. The Kier molecular flexibility index (Phi) is 6.62. The van der Waals surface area contributed by atoms with Crippen LogP contribution in [-0.4, -0.2) is 38.3 Å². The molecule has 3 rings (SSSR count). The molecule has 27 heavy (non-hydrogen) atoms. The van der Waals surface area contributed by atoms with Crippen molar-refractivity contribution >= 4 is 11.8 Å². The minimum Gasteiger partial charge on any atom is -0.488 e. The fraction of sp³-hybridized carbons (Fsp3) is 0.200. The Morgan fingerprint density at radius 1 is 1.15 bits per heavy atom. The van der Waals surface area contributed by atoms with Crippen molar-refractivity contribution in [3.8, 4) is 17.1 Å². The van der Waals surface area contributed by atoms with E-state index in [9.17, 15) is 9.50 Å². The second-order valence-corrected chi connectivity index (χ2v) is 6.76. The van der Waals surface area contributed by atoms with Crippen molar-refractivity contribution < 1.29 is 14.2 Å². The van der Waals surface area contributed by atoms with Gasteiger partial charge in [0.05, 0.1) is 6.10 Å². The molecule has 2 aromatic carbocycles. The molecule has 0 fully saturated rings. The number of rotatable bonds is 9. The molecule has 1 atom stereocenters. The SMILES string of the molecule is C=CCn1c(SC[C@@H](O)COc2ccccc2F)nnc1-c1ccccc1. The van der Waals surface area contributed by atoms with Gasteiger partial charge in [-0.1, -0.05) is 60.3 Å². The minimum absolute atomic E-state index is 0.00489. The highest BCUT2D eigenvalue weighted by Crippen LogP contribution is 2.24. The summed E-state index contributed by atoms with van der Waals surface area (Å²) in [4.78, 5) is 0. The summed E-state index contributed by atoms with van der Waals surface area (Å²) >= 11 is 1.37. The zero-order chi connectivity index (χ0) is 19.1. The fourth-order valence-electron chi connectivity index (χ4n) is 2.46. The molecule has 0 saturated heterocycles. The first-order valence-corrected chi connectivity index (χ1v) is 9.45. The number of ether oxygens (including phenoxy) is 1. The summed E-state index contributed by atoms with van der Waals surface area (Å²) in [5.41, 5.74) is 0.960. The molecule has 3 aromatic rings. The van der Waals surface area contributed by atoms with E-state index in [2.05, 4.69) is 16.8 Å². The fourth-order valence-corrected chi connectivity index (χ4v) is 3.31. The highest BCUT2D eigenvalue weighted by atomic mass is 32.2. The lowest BCUT2D eigenvalue weighted by atomic mass is 10.2. The van der Waals surface area contributed by atoms with E-state index in [1.165, 1.54) is 23.9 Å². The van der Waals surface area contributed by atoms with Gasteiger partial charge in [0.15, 0.2) is 22.5 Å². The predicted molar refractivity (Wildman–Crippen MR) is 104 cm³/mol. The van der Waals surface area contributed by atoms with Crippen LogP contribution < -0.4 is 4.74 Å². The maximum atomic E-state index is 13.5. The van der Waals surface area contributed by atoms with Crippen molar-refractivity contribution in [2.75, 3.05) is 12.4 Å². The number of aliphatic hydroxyl groups excluding tert-OH is 1. The van der Waals surface area contributed by atoms with Crippen LogP contribution in [0.5, 0.6) is 5.75 Å². The topological polar surface area (TPSA) is 60.2 Å². The van der Waals surface area contributed by atoms with Gasteiger partial charge < -0.3 is 9.84 Å². The lowest BCUT2D eigenvalue weighted by molar-refractivity contribution is 0.123. The van der Waals surface area contributed by atoms with Crippen molar-refractivity contribution in [3.63, 3.8) is 0 Å². The lowest BCUT2D eigenvalue weighted by Gasteiger charge is -2.13. The molecule has 0 radical (unpaired) electrons. The summed E-state index contributed by atoms with van der Waals surface area (Å²) in [5.74, 6) is 0.770. The molecule has 0 unspecified atom stereocenters. The number of benzene rings is 2.